The highest BCUT2D eigenvalue weighted by atomic mass is 16.7. The highest BCUT2D eigenvalue weighted by Gasteiger charge is 2.60. The van der Waals surface area contributed by atoms with Crippen LogP contribution in [-0.2, 0) is 28.5 Å². The van der Waals surface area contributed by atoms with E-state index in [1.54, 1.807) is 6.08 Å². The molecule has 2 heterocycles. The zero-order valence-corrected chi connectivity index (χ0v) is 23.8. The molecule has 6 atom stereocenters. The maximum atomic E-state index is 12.6. The van der Waals surface area contributed by atoms with Crippen LogP contribution in [0.5, 0.6) is 0 Å². The van der Waals surface area contributed by atoms with Gasteiger partial charge in [-0.15, -0.1) is 0 Å². The fourth-order valence-electron chi connectivity index (χ4n) is 8.23. The predicted molar refractivity (Wildman–Crippen MR) is 145 cm³/mol. The number of fused-ring (bicyclic) bond motifs is 3. The Balaban J connectivity index is 1.29. The van der Waals surface area contributed by atoms with Crippen molar-refractivity contribution >= 4 is 11.9 Å². The van der Waals surface area contributed by atoms with Crippen molar-refractivity contribution in [3.05, 3.63) is 36.0 Å². The molecule has 6 nitrogen and oxygen atoms in total. The Kier molecular flexibility index (Phi) is 7.69. The first-order chi connectivity index (χ1) is 18.0. The third kappa shape index (κ3) is 5.28. The molecule has 5 fully saturated rings. The fraction of sp³-hybridized carbons (Fsp3) is 0.750. The van der Waals surface area contributed by atoms with Crippen molar-refractivity contribution < 1.29 is 28.5 Å². The molecule has 210 valence electrons. The van der Waals surface area contributed by atoms with Crippen LogP contribution < -0.4 is 0 Å². The summed E-state index contributed by atoms with van der Waals surface area (Å²) in [5.41, 5.74) is 1.69. The molecule has 3 saturated carbocycles. The lowest BCUT2D eigenvalue weighted by Crippen LogP contribution is -2.62. The number of hydrogen-bond acceptors (Lipinski definition) is 6. The van der Waals surface area contributed by atoms with Gasteiger partial charge >= 0.3 is 11.9 Å². The van der Waals surface area contributed by atoms with Crippen molar-refractivity contribution in [3.8, 4) is 0 Å². The first-order valence-electron chi connectivity index (χ1n) is 14.8. The van der Waals surface area contributed by atoms with Crippen molar-refractivity contribution in [1.29, 1.82) is 0 Å². The highest BCUT2D eigenvalue weighted by Crippen LogP contribution is 2.63. The van der Waals surface area contributed by atoms with Crippen LogP contribution in [0.15, 0.2) is 36.0 Å². The molecule has 0 aromatic rings. The molecular weight excluding hydrogens is 480 g/mol. The van der Waals surface area contributed by atoms with Gasteiger partial charge in [-0.2, -0.15) is 0 Å². The molecule has 0 aromatic heterocycles. The third-order valence-corrected chi connectivity index (χ3v) is 10.4. The van der Waals surface area contributed by atoms with Gasteiger partial charge in [0.15, 0.2) is 11.9 Å². The van der Waals surface area contributed by atoms with Crippen molar-refractivity contribution in [2.45, 2.75) is 110 Å². The molecule has 2 aliphatic heterocycles. The van der Waals surface area contributed by atoms with Crippen molar-refractivity contribution in [1.82, 2.24) is 0 Å². The number of allylic oxidation sites excluding steroid dienone is 3. The Morgan fingerprint density at radius 1 is 1.08 bits per heavy atom. The molecule has 2 saturated heterocycles. The Labute approximate surface area is 228 Å². The molecule has 0 radical (unpaired) electrons. The van der Waals surface area contributed by atoms with Gasteiger partial charge in [-0.1, -0.05) is 57.4 Å². The van der Waals surface area contributed by atoms with Gasteiger partial charge in [-0.25, -0.2) is 9.59 Å². The van der Waals surface area contributed by atoms with E-state index in [0.29, 0.717) is 30.4 Å². The number of cyclic esters (lactones) is 1. The summed E-state index contributed by atoms with van der Waals surface area (Å²) in [6, 6.07) is 0. The molecule has 6 heteroatoms. The summed E-state index contributed by atoms with van der Waals surface area (Å²) in [7, 11) is 0. The lowest BCUT2D eigenvalue weighted by Gasteiger charge is -2.63. The molecule has 0 amide bonds. The number of carbonyl (C=O) groups is 2. The van der Waals surface area contributed by atoms with Crippen molar-refractivity contribution in [2.75, 3.05) is 13.2 Å². The lowest BCUT2D eigenvalue weighted by atomic mass is 9.46. The van der Waals surface area contributed by atoms with Crippen LogP contribution in [0.2, 0.25) is 0 Å². The monoisotopic (exact) mass is 526 g/mol. The molecule has 0 spiro atoms. The number of hydrogen-bond donors (Lipinski definition) is 0. The summed E-state index contributed by atoms with van der Waals surface area (Å²) in [4.78, 5) is 25.2. The second-order valence-corrected chi connectivity index (χ2v) is 13.3. The van der Waals surface area contributed by atoms with Gasteiger partial charge in [0.05, 0.1) is 18.3 Å². The minimum atomic E-state index is -0.651. The molecule has 5 aliphatic rings. The van der Waals surface area contributed by atoms with E-state index in [2.05, 4.69) is 20.4 Å². The second kappa shape index (κ2) is 10.6. The molecule has 38 heavy (non-hydrogen) atoms. The van der Waals surface area contributed by atoms with Gasteiger partial charge in [0, 0.05) is 11.5 Å². The number of rotatable bonds is 5. The van der Waals surface area contributed by atoms with E-state index in [1.807, 2.05) is 26.0 Å². The summed E-state index contributed by atoms with van der Waals surface area (Å²) in [6.45, 7) is 14.0. The Hall–Kier alpha value is -1.92. The summed E-state index contributed by atoms with van der Waals surface area (Å²) in [5.74, 6) is -0.201. The summed E-state index contributed by atoms with van der Waals surface area (Å²) >= 11 is 0. The second-order valence-electron chi connectivity index (χ2n) is 13.3. The number of carbonyl (C=O) groups excluding carboxylic acids is 2. The maximum absolute atomic E-state index is 12.6. The van der Waals surface area contributed by atoms with Crippen LogP contribution in [0.3, 0.4) is 0 Å². The number of ether oxygens (including phenoxy) is 4. The van der Waals surface area contributed by atoms with Crippen molar-refractivity contribution in [3.63, 3.8) is 0 Å². The van der Waals surface area contributed by atoms with E-state index in [0.717, 1.165) is 38.5 Å². The third-order valence-electron chi connectivity index (χ3n) is 10.4. The van der Waals surface area contributed by atoms with Crippen LogP contribution in [0.1, 0.15) is 91.9 Å². The van der Waals surface area contributed by atoms with Crippen LogP contribution in [0, 0.1) is 28.6 Å². The summed E-state index contributed by atoms with van der Waals surface area (Å²) in [5, 5.41) is 0. The highest BCUT2D eigenvalue weighted by molar-refractivity contribution is 5.93. The van der Waals surface area contributed by atoms with E-state index in [9.17, 15) is 9.59 Å². The van der Waals surface area contributed by atoms with Gasteiger partial charge in [0.1, 0.15) is 6.61 Å². The smallest absolute Gasteiger partial charge is 0.337 e. The molecule has 0 aromatic carbocycles. The average molecular weight is 527 g/mol. The zero-order chi connectivity index (χ0) is 27.1. The molecule has 5 rings (SSSR count). The predicted octanol–water partition coefficient (Wildman–Crippen LogP) is 6.45. The zero-order valence-electron chi connectivity index (χ0n) is 23.8. The Bertz CT molecular complexity index is 1000. The van der Waals surface area contributed by atoms with Gasteiger partial charge in [0.25, 0.3) is 0 Å². The minimum absolute atomic E-state index is 0.0310. The molecule has 0 N–H and O–H groups in total. The van der Waals surface area contributed by atoms with Crippen LogP contribution >= 0.6 is 0 Å². The van der Waals surface area contributed by atoms with Crippen LogP contribution in [0.25, 0.3) is 0 Å². The van der Waals surface area contributed by atoms with Gasteiger partial charge in [0.2, 0.25) is 0 Å². The van der Waals surface area contributed by atoms with E-state index in [1.165, 1.54) is 24.8 Å². The van der Waals surface area contributed by atoms with E-state index in [-0.39, 0.29) is 35.4 Å². The van der Waals surface area contributed by atoms with E-state index < -0.39 is 17.9 Å². The van der Waals surface area contributed by atoms with Gasteiger partial charge in [-0.05, 0) is 82.0 Å². The van der Waals surface area contributed by atoms with E-state index in [4.69, 9.17) is 18.9 Å². The average Bonchev–Trinajstić information content (AvgIpc) is 3.22. The fourth-order valence-corrected chi connectivity index (χ4v) is 8.23. The number of esters is 2. The minimum Gasteiger partial charge on any atom is -0.458 e. The first-order valence-corrected chi connectivity index (χ1v) is 14.8. The normalized spacial score (nSPS) is 40.6. The molecule has 0 unspecified atom stereocenters. The molecular formula is C32H46O6. The van der Waals surface area contributed by atoms with E-state index >= 15 is 0 Å². The summed E-state index contributed by atoms with van der Waals surface area (Å²) in [6.07, 6.45) is 15.8. The van der Waals surface area contributed by atoms with Crippen molar-refractivity contribution in [2.24, 2.45) is 28.6 Å². The first kappa shape index (κ1) is 27.6. The summed E-state index contributed by atoms with van der Waals surface area (Å²) < 4.78 is 23.6. The Morgan fingerprint density at radius 3 is 2.61 bits per heavy atom. The van der Waals surface area contributed by atoms with Crippen LogP contribution in [-0.4, -0.2) is 43.1 Å². The SMILES string of the molecule is C=C1CC[C@@H]2[C@]3(C)COC(C)(C)O[C@@H]3CC[C@@]2(C)[C@@H]1C/C=C1/C(=O)OC[C@H]1OC(=O)/C=C/C1CCCCC1. The largest absolute Gasteiger partial charge is 0.458 e. The quantitative estimate of drug-likeness (QED) is 0.233. The van der Waals surface area contributed by atoms with Gasteiger partial charge in [-0.3, -0.25) is 0 Å². The molecule has 0 bridgehead atoms. The Morgan fingerprint density at radius 2 is 1.84 bits per heavy atom. The lowest BCUT2D eigenvalue weighted by molar-refractivity contribution is -0.344. The van der Waals surface area contributed by atoms with Gasteiger partial charge < -0.3 is 18.9 Å². The van der Waals surface area contributed by atoms with Crippen LogP contribution in [0.4, 0.5) is 0 Å². The molecule has 3 aliphatic carbocycles. The maximum Gasteiger partial charge on any atom is 0.337 e. The topological polar surface area (TPSA) is 71.1 Å². The standard InChI is InChI=1S/C32H46O6/c1-21-11-15-26-31(4,18-17-27-32(26,5)20-36-30(2,3)38-27)24(21)14-13-23-25(19-35-29(23)34)37-28(33)16-12-22-9-7-6-8-10-22/h12-13,16,22,24-27H,1,6-11,14-15,17-20H2,2-5H3/b16-12+,23-13+/t24-,25-,26+,27-,31+,32+/m1/s1.